The maximum Gasteiger partial charge on any atom is 1.00 e. The Hall–Kier alpha value is 1.60. The maximum absolute atomic E-state index is 7.36. The molecule has 1 nitrogen and oxygen atoms in total. The van der Waals surface area contributed by atoms with Gasteiger partial charge in [0.1, 0.15) is 0 Å². The Kier molecular flexibility index (Phi) is 13.3. The summed E-state index contributed by atoms with van der Waals surface area (Å²) in [6.07, 6.45) is 4.85. The molecule has 1 N–H and O–H groups in total. The van der Waals surface area contributed by atoms with Crippen molar-refractivity contribution in [3.05, 3.63) is 5.73 Å². The minimum atomic E-state index is 0. The first-order valence-corrected chi connectivity index (χ1v) is 4.50. The normalized spacial score (nSPS) is 29.5. The van der Waals surface area contributed by atoms with Gasteiger partial charge in [0.25, 0.3) is 0 Å². The molecule has 1 fully saturated rings. The second-order valence-corrected chi connectivity index (χ2v) is 2.96. The first-order chi connectivity index (χ1) is 4.79. The van der Waals surface area contributed by atoms with Crippen LogP contribution in [0.1, 0.15) is 46.5 Å². The van der Waals surface area contributed by atoms with E-state index < -0.39 is 0 Å². The summed E-state index contributed by atoms with van der Waals surface area (Å²) in [5, 5.41) is 0. The van der Waals surface area contributed by atoms with E-state index in [9.17, 15) is 0 Å². The largest absolute Gasteiger partial charge is 1.00 e. The number of hydrogen-bond acceptors (Lipinski definition) is 0. The Balaban J connectivity index is 0. The topological polar surface area (TPSA) is 23.8 Å². The van der Waals surface area contributed by atoms with Crippen LogP contribution in [0.4, 0.5) is 0 Å². The van der Waals surface area contributed by atoms with Gasteiger partial charge in [0.2, 0.25) is 0 Å². The molecule has 1 rings (SSSR count). The minimum Gasteiger partial charge on any atom is -0.675 e. The van der Waals surface area contributed by atoms with E-state index in [1.54, 1.807) is 0 Å². The molecule has 0 unspecified atom stereocenters. The third-order valence-corrected chi connectivity index (χ3v) is 2.02. The van der Waals surface area contributed by atoms with Crippen LogP contribution in [0, 0.1) is 5.92 Å². The quantitative estimate of drug-likeness (QED) is 0.490. The molecule has 0 atom stereocenters. The van der Waals surface area contributed by atoms with Gasteiger partial charge in [0, 0.05) is 0 Å². The fourth-order valence-corrected chi connectivity index (χ4v) is 1.26. The Bertz CT molecular complexity index is 58.0. The van der Waals surface area contributed by atoms with Crippen molar-refractivity contribution >= 4 is 0 Å². The number of nitrogens with one attached hydrogen (secondary N) is 1. The van der Waals surface area contributed by atoms with Gasteiger partial charge in [-0.3, -0.25) is 0 Å². The van der Waals surface area contributed by atoms with E-state index in [0.29, 0.717) is 0 Å². The first kappa shape index (κ1) is 15.1. The van der Waals surface area contributed by atoms with Gasteiger partial charge < -0.3 is 5.73 Å². The summed E-state index contributed by atoms with van der Waals surface area (Å²) in [6, 6.07) is 0.270. The molecule has 1 aliphatic rings. The predicted octanol–water partition coefficient (Wildman–Crippen LogP) is 0.647. The molecule has 0 amide bonds. The van der Waals surface area contributed by atoms with Crippen LogP contribution in [0.15, 0.2) is 0 Å². The van der Waals surface area contributed by atoms with Gasteiger partial charge in [-0.2, -0.15) is 0 Å². The van der Waals surface area contributed by atoms with Gasteiger partial charge in [0.05, 0.1) is 0 Å². The molecular formula is C9H20KN. The maximum atomic E-state index is 7.36. The van der Waals surface area contributed by atoms with Gasteiger partial charge in [-0.15, -0.1) is 6.04 Å². The van der Waals surface area contributed by atoms with Crippen molar-refractivity contribution < 1.29 is 51.4 Å². The molecule has 0 aromatic carbocycles. The van der Waals surface area contributed by atoms with Crippen LogP contribution in [0.5, 0.6) is 0 Å². The molecule has 0 bridgehead atoms. The third-order valence-electron chi connectivity index (χ3n) is 2.02. The summed E-state index contributed by atoms with van der Waals surface area (Å²) in [5.41, 5.74) is 7.36. The molecule has 2 heteroatoms. The Morgan fingerprint density at radius 2 is 1.36 bits per heavy atom. The molecule has 0 spiro atoms. The van der Waals surface area contributed by atoms with Gasteiger partial charge in [-0.1, -0.05) is 46.5 Å². The second-order valence-electron chi connectivity index (χ2n) is 2.96. The molecule has 0 saturated heterocycles. The fraction of sp³-hybridized carbons (Fsp3) is 1.00. The molecule has 0 radical (unpaired) electrons. The van der Waals surface area contributed by atoms with Crippen LogP contribution in [0.3, 0.4) is 0 Å². The number of rotatable bonds is 0. The molecule has 0 aromatic heterocycles. The minimum absolute atomic E-state index is 0. The Morgan fingerprint density at radius 1 is 1.00 bits per heavy atom. The van der Waals surface area contributed by atoms with Crippen molar-refractivity contribution in [1.29, 1.82) is 0 Å². The van der Waals surface area contributed by atoms with Crippen LogP contribution in [-0.4, -0.2) is 6.04 Å². The average Bonchev–Trinajstić information content (AvgIpc) is 2.00. The molecule has 0 aromatic rings. The van der Waals surface area contributed by atoms with E-state index in [1.807, 2.05) is 13.8 Å². The molecule has 0 aliphatic heterocycles. The van der Waals surface area contributed by atoms with Crippen molar-refractivity contribution in [1.82, 2.24) is 0 Å². The summed E-state index contributed by atoms with van der Waals surface area (Å²) < 4.78 is 0. The summed E-state index contributed by atoms with van der Waals surface area (Å²) in [7, 11) is 0. The first-order valence-electron chi connectivity index (χ1n) is 4.50. The smallest absolute Gasteiger partial charge is 0.675 e. The van der Waals surface area contributed by atoms with E-state index in [1.165, 1.54) is 12.8 Å². The molecule has 62 valence electrons. The van der Waals surface area contributed by atoms with Gasteiger partial charge in [-0.05, 0) is 5.92 Å². The van der Waals surface area contributed by atoms with Crippen molar-refractivity contribution in [3.63, 3.8) is 0 Å². The zero-order chi connectivity index (χ0) is 7.98. The monoisotopic (exact) mass is 181 g/mol. The van der Waals surface area contributed by atoms with Crippen LogP contribution in [0.2, 0.25) is 0 Å². The van der Waals surface area contributed by atoms with Gasteiger partial charge >= 0.3 is 51.4 Å². The van der Waals surface area contributed by atoms with Crippen molar-refractivity contribution in [2.75, 3.05) is 0 Å². The fourth-order valence-electron chi connectivity index (χ4n) is 1.26. The SMILES string of the molecule is CC.CC1CCC([NH-])CC1.[K+]. The summed E-state index contributed by atoms with van der Waals surface area (Å²) >= 11 is 0. The zero-order valence-corrected chi connectivity index (χ0v) is 11.6. The predicted molar refractivity (Wildman–Crippen MR) is 47.1 cm³/mol. The van der Waals surface area contributed by atoms with Gasteiger partial charge in [-0.25, -0.2) is 0 Å². The van der Waals surface area contributed by atoms with E-state index in [0.717, 1.165) is 18.8 Å². The van der Waals surface area contributed by atoms with Crippen molar-refractivity contribution in [3.8, 4) is 0 Å². The van der Waals surface area contributed by atoms with E-state index >= 15 is 0 Å². The summed E-state index contributed by atoms with van der Waals surface area (Å²) in [4.78, 5) is 0. The number of hydrogen-bond donors (Lipinski definition) is 0. The Morgan fingerprint density at radius 3 is 1.64 bits per heavy atom. The van der Waals surface area contributed by atoms with Gasteiger partial charge in [0.15, 0.2) is 0 Å². The second kappa shape index (κ2) is 9.68. The summed E-state index contributed by atoms with van der Waals surface area (Å²) in [6.45, 7) is 6.28. The molecule has 1 saturated carbocycles. The average molecular weight is 181 g/mol. The van der Waals surface area contributed by atoms with E-state index in [4.69, 9.17) is 5.73 Å². The van der Waals surface area contributed by atoms with Crippen molar-refractivity contribution in [2.45, 2.75) is 52.5 Å². The van der Waals surface area contributed by atoms with E-state index in [2.05, 4.69) is 6.92 Å². The molecule has 1 aliphatic carbocycles. The molecule has 11 heavy (non-hydrogen) atoms. The van der Waals surface area contributed by atoms with Crippen LogP contribution in [0.25, 0.3) is 5.73 Å². The molecular weight excluding hydrogens is 161 g/mol. The third kappa shape index (κ3) is 7.94. The Labute approximate surface area is 114 Å². The molecule has 0 heterocycles. The van der Waals surface area contributed by atoms with Crippen molar-refractivity contribution in [2.24, 2.45) is 5.92 Å². The van der Waals surface area contributed by atoms with E-state index in [-0.39, 0.29) is 57.4 Å². The summed E-state index contributed by atoms with van der Waals surface area (Å²) in [5.74, 6) is 0.900. The van der Waals surface area contributed by atoms with Crippen LogP contribution < -0.4 is 51.4 Å². The van der Waals surface area contributed by atoms with Crippen LogP contribution in [-0.2, 0) is 0 Å². The zero-order valence-electron chi connectivity index (χ0n) is 8.48. The standard InChI is InChI=1S/C7H14N.C2H6.K/c1-6-2-4-7(8)5-3-6;1-2;/h6-8H,2-5H2,1H3;1-2H3;/q-1;;+1. The van der Waals surface area contributed by atoms with Crippen LogP contribution >= 0.6 is 0 Å².